The molecule has 2 aromatic rings. The van der Waals surface area contributed by atoms with Crippen LogP contribution in [0.5, 0.6) is 0 Å². The van der Waals surface area contributed by atoms with Crippen LogP contribution in [0.1, 0.15) is 43.1 Å². The number of benzene rings is 1. The first kappa shape index (κ1) is 32.0. The quantitative estimate of drug-likeness (QED) is 0.0532. The van der Waals surface area contributed by atoms with Gasteiger partial charge >= 0.3 is 0 Å². The van der Waals surface area contributed by atoms with Crippen molar-refractivity contribution in [3.05, 3.63) is 41.2 Å². The van der Waals surface area contributed by atoms with Crippen LogP contribution in [0.2, 0.25) is 0 Å². The monoisotopic (exact) mass is 577 g/mol. The van der Waals surface area contributed by atoms with Gasteiger partial charge in [-0.2, -0.15) is 5.21 Å². The fourth-order valence-corrected chi connectivity index (χ4v) is 5.01. The molecular formula is C23H35N11O5S. The molecule has 2 amide bonds. The summed E-state index contributed by atoms with van der Waals surface area (Å²) in [6.07, 6.45) is 1.55. The largest absolute Gasteiger partial charge is 0.388 e. The predicted octanol–water partition coefficient (Wildman–Crippen LogP) is -1.80. The number of amidine groups is 2. The number of aromatic nitrogens is 4. The summed E-state index contributed by atoms with van der Waals surface area (Å²) in [6.45, 7) is 1.64. The Morgan fingerprint density at radius 1 is 1.27 bits per heavy atom. The van der Waals surface area contributed by atoms with E-state index in [-0.39, 0.29) is 24.5 Å². The fraction of sp³-hybridized carbons (Fsp3) is 0.478. The molecule has 0 aliphatic heterocycles. The van der Waals surface area contributed by atoms with Crippen LogP contribution in [0.15, 0.2) is 29.3 Å². The summed E-state index contributed by atoms with van der Waals surface area (Å²) in [4.78, 5) is 42.3. The molecule has 0 bridgehead atoms. The van der Waals surface area contributed by atoms with Crippen molar-refractivity contribution >= 4 is 39.8 Å². The highest BCUT2D eigenvalue weighted by Gasteiger charge is 2.29. The van der Waals surface area contributed by atoms with Gasteiger partial charge in [-0.15, -0.1) is 10.2 Å². The highest BCUT2D eigenvalue weighted by molar-refractivity contribution is 7.88. The molecule has 0 fully saturated rings. The van der Waals surface area contributed by atoms with E-state index in [0.717, 1.165) is 4.90 Å². The second kappa shape index (κ2) is 15.4. The average Bonchev–Trinajstić information content (AvgIpc) is 3.41. The molecule has 1 heterocycles. The molecule has 0 saturated carbocycles. The molecule has 0 radical (unpaired) electrons. The molecule has 2 atom stereocenters. The summed E-state index contributed by atoms with van der Waals surface area (Å²) in [5.41, 5.74) is 11.7. The summed E-state index contributed by atoms with van der Waals surface area (Å²) >= 11 is 0. The summed E-state index contributed by atoms with van der Waals surface area (Å²) < 4.78 is 28.4. The maximum absolute atomic E-state index is 13.3. The number of likely N-dealkylation sites (N-methyl/N-ethyl adjacent to an activating group) is 1. The van der Waals surface area contributed by atoms with Gasteiger partial charge in [-0.25, -0.2) is 13.1 Å². The van der Waals surface area contributed by atoms with E-state index >= 15 is 0 Å². The summed E-state index contributed by atoms with van der Waals surface area (Å²) in [5, 5.41) is 23.5. The van der Waals surface area contributed by atoms with Crippen LogP contribution in [0, 0.1) is 5.41 Å². The van der Waals surface area contributed by atoms with E-state index in [1.807, 2.05) is 0 Å². The lowest BCUT2D eigenvalue weighted by atomic mass is 10.1. The minimum atomic E-state index is -4.06. The minimum absolute atomic E-state index is 0.0188. The molecule has 0 unspecified atom stereocenters. The highest BCUT2D eigenvalue weighted by Crippen LogP contribution is 2.11. The van der Waals surface area contributed by atoms with Crippen LogP contribution in [0.4, 0.5) is 0 Å². The average molecular weight is 578 g/mol. The van der Waals surface area contributed by atoms with E-state index in [0.29, 0.717) is 42.6 Å². The Hall–Kier alpha value is -4.25. The number of H-pyrrole nitrogens is 1. The normalized spacial score (nSPS) is 13.3. The number of hydrogen-bond donors (Lipinski definition) is 6. The molecule has 1 aromatic carbocycles. The number of carbonyl (C=O) groups is 3. The van der Waals surface area contributed by atoms with Crippen molar-refractivity contribution in [3.63, 3.8) is 0 Å². The van der Waals surface area contributed by atoms with Gasteiger partial charge in [-0.3, -0.25) is 20.0 Å². The highest BCUT2D eigenvalue weighted by atomic mass is 32.2. The van der Waals surface area contributed by atoms with Gasteiger partial charge in [0, 0.05) is 25.6 Å². The van der Waals surface area contributed by atoms with Gasteiger partial charge in [0.05, 0.1) is 24.2 Å². The number of sulfonamides is 1. The standard InChI is InChI=1S/C23H35N11O5S/c1-15(24)27-10-4-7-18(13-35)28-21(36)12-34(2)23(37)19(8-9-20-29-32-33-30-20)31-40(38,39)14-16-5-3-6-17(11-16)22(25)26/h3,5-6,11,13,18-19,31H,4,7-10,12,14H2,1-2H3,(H2,24,27)(H3,25,26)(H,28,36)(H,29,30,32,33)/t18-,19-/m0/s1. The second-order valence-electron chi connectivity index (χ2n) is 9.08. The van der Waals surface area contributed by atoms with Crippen molar-refractivity contribution < 1.29 is 22.8 Å². The van der Waals surface area contributed by atoms with Crippen molar-refractivity contribution in [2.24, 2.45) is 16.5 Å². The maximum atomic E-state index is 13.3. The number of rotatable bonds is 17. The smallest absolute Gasteiger partial charge is 0.240 e. The van der Waals surface area contributed by atoms with Crippen molar-refractivity contribution in [1.29, 1.82) is 5.41 Å². The molecule has 0 saturated heterocycles. The number of aliphatic imine (C=N–C) groups is 1. The third-order valence-corrected chi connectivity index (χ3v) is 6.92. The Morgan fingerprint density at radius 3 is 2.65 bits per heavy atom. The molecule has 2 rings (SSSR count). The topological polar surface area (TPSA) is 255 Å². The maximum Gasteiger partial charge on any atom is 0.240 e. The lowest BCUT2D eigenvalue weighted by molar-refractivity contribution is -0.136. The second-order valence-corrected chi connectivity index (χ2v) is 10.8. The molecule has 17 heteroatoms. The van der Waals surface area contributed by atoms with Crippen LogP contribution < -0.4 is 21.5 Å². The van der Waals surface area contributed by atoms with Crippen molar-refractivity contribution in [1.82, 2.24) is 35.6 Å². The molecule has 1 aromatic heterocycles. The van der Waals surface area contributed by atoms with Crippen molar-refractivity contribution in [2.45, 2.75) is 50.4 Å². The third kappa shape index (κ3) is 11.2. The number of carbonyl (C=O) groups excluding carboxylic acids is 3. The van der Waals surface area contributed by atoms with E-state index in [4.69, 9.17) is 16.9 Å². The lowest BCUT2D eigenvalue weighted by Crippen LogP contribution is -2.51. The first-order chi connectivity index (χ1) is 18.9. The zero-order valence-electron chi connectivity index (χ0n) is 22.3. The Balaban J connectivity index is 2.07. The molecule has 0 aliphatic rings. The van der Waals surface area contributed by atoms with Gasteiger partial charge in [0.2, 0.25) is 21.8 Å². The number of nitrogen functional groups attached to an aromatic ring is 1. The third-order valence-electron chi connectivity index (χ3n) is 5.56. The molecule has 40 heavy (non-hydrogen) atoms. The number of aryl methyl sites for hydroxylation is 1. The minimum Gasteiger partial charge on any atom is -0.388 e. The SMILES string of the molecule is CC(N)=NCCC[C@@H](C=O)NC(=O)CN(C)C(=O)[C@H](CCc1nn[nH]n1)NS(=O)(=O)Cc1cccc(C(=N)N)c1. The van der Waals surface area contributed by atoms with E-state index in [1.54, 1.807) is 25.1 Å². The van der Waals surface area contributed by atoms with E-state index in [1.165, 1.54) is 13.1 Å². The van der Waals surface area contributed by atoms with Gasteiger partial charge < -0.3 is 26.5 Å². The summed E-state index contributed by atoms with van der Waals surface area (Å²) in [5.74, 6) is -1.26. The van der Waals surface area contributed by atoms with Crippen molar-refractivity contribution in [2.75, 3.05) is 20.1 Å². The van der Waals surface area contributed by atoms with E-state index in [9.17, 15) is 22.8 Å². The van der Waals surface area contributed by atoms with Gasteiger partial charge in [-0.1, -0.05) is 23.4 Å². The van der Waals surface area contributed by atoms with Crippen LogP contribution in [0.25, 0.3) is 0 Å². The first-order valence-electron chi connectivity index (χ1n) is 12.3. The van der Waals surface area contributed by atoms with Crippen LogP contribution in [-0.2, 0) is 36.6 Å². The Morgan fingerprint density at radius 2 is 2.02 bits per heavy atom. The Labute approximate surface area is 231 Å². The number of nitrogens with zero attached hydrogens (tertiary/aromatic N) is 5. The fourth-order valence-electron chi connectivity index (χ4n) is 3.65. The van der Waals surface area contributed by atoms with Crippen LogP contribution in [-0.4, -0.2) is 95.9 Å². The predicted molar refractivity (Wildman–Crippen MR) is 147 cm³/mol. The number of aromatic amines is 1. The lowest BCUT2D eigenvalue weighted by Gasteiger charge is -2.24. The summed E-state index contributed by atoms with van der Waals surface area (Å²) in [6, 6.07) is 4.16. The number of aldehydes is 1. The Bertz CT molecular complexity index is 1290. The molecule has 8 N–H and O–H groups in total. The molecule has 16 nitrogen and oxygen atoms in total. The number of nitrogens with one attached hydrogen (secondary N) is 4. The van der Waals surface area contributed by atoms with Gasteiger partial charge in [0.1, 0.15) is 18.2 Å². The summed E-state index contributed by atoms with van der Waals surface area (Å²) in [7, 11) is -2.71. The van der Waals surface area contributed by atoms with Gasteiger partial charge in [-0.05, 0) is 37.8 Å². The van der Waals surface area contributed by atoms with Gasteiger partial charge in [0.25, 0.3) is 0 Å². The Kier molecular flexibility index (Phi) is 12.3. The van der Waals surface area contributed by atoms with Crippen LogP contribution in [0.3, 0.4) is 0 Å². The number of nitrogens with two attached hydrogens (primary N) is 2. The number of hydrogen-bond acceptors (Lipinski definition) is 10. The van der Waals surface area contributed by atoms with E-state index < -0.39 is 46.2 Å². The van der Waals surface area contributed by atoms with Crippen molar-refractivity contribution in [3.8, 4) is 0 Å². The van der Waals surface area contributed by atoms with Gasteiger partial charge in [0.15, 0.2) is 5.82 Å². The zero-order chi connectivity index (χ0) is 29.7. The van der Waals surface area contributed by atoms with Crippen LogP contribution >= 0.6 is 0 Å². The molecule has 0 spiro atoms. The molecule has 0 aliphatic carbocycles. The number of amides is 2. The molecular weight excluding hydrogens is 542 g/mol. The zero-order valence-corrected chi connectivity index (χ0v) is 23.1. The molecule has 218 valence electrons. The number of tetrazole rings is 1. The first-order valence-corrected chi connectivity index (χ1v) is 14.0. The van der Waals surface area contributed by atoms with E-state index in [2.05, 4.69) is 35.7 Å².